The van der Waals surface area contributed by atoms with Gasteiger partial charge in [0.2, 0.25) is 5.88 Å². The Balaban J connectivity index is 1.83. The summed E-state index contributed by atoms with van der Waals surface area (Å²) in [5.41, 5.74) is 6.29. The van der Waals surface area contributed by atoms with Crippen LogP contribution in [0.15, 0.2) is 12.1 Å². The summed E-state index contributed by atoms with van der Waals surface area (Å²) in [7, 11) is 2.16. The largest absolute Gasteiger partial charge is 0.476 e. The fourth-order valence-electron chi connectivity index (χ4n) is 2.18. The molecule has 0 aliphatic carbocycles. The number of rotatable bonds is 4. The number of hydrogen-bond acceptors (Lipinski definition) is 4. The predicted molar refractivity (Wildman–Crippen MR) is 69.4 cm³/mol. The molecule has 0 saturated carbocycles. The molecular formula is C12H18ClN3O. The van der Waals surface area contributed by atoms with Crippen LogP contribution in [-0.4, -0.2) is 36.1 Å². The molecule has 5 heteroatoms. The van der Waals surface area contributed by atoms with E-state index < -0.39 is 0 Å². The topological polar surface area (TPSA) is 51.4 Å². The molecule has 0 bridgehead atoms. The molecule has 1 aromatic rings. The van der Waals surface area contributed by atoms with Crippen molar-refractivity contribution in [3.05, 3.63) is 17.3 Å². The molecule has 0 aromatic carbocycles. The van der Waals surface area contributed by atoms with Gasteiger partial charge in [-0.25, -0.2) is 0 Å². The van der Waals surface area contributed by atoms with Gasteiger partial charge in [0, 0.05) is 6.04 Å². The van der Waals surface area contributed by atoms with Crippen LogP contribution in [0.5, 0.6) is 5.88 Å². The average Bonchev–Trinajstić information content (AvgIpc) is 2.70. The SMILES string of the molecule is CN1CCCC1CCOc1nc(Cl)ccc1N. The molecule has 1 aliphatic heterocycles. The molecule has 2 heterocycles. The molecule has 0 spiro atoms. The van der Waals surface area contributed by atoms with E-state index in [-0.39, 0.29) is 0 Å². The van der Waals surface area contributed by atoms with E-state index in [0.717, 1.165) is 6.42 Å². The summed E-state index contributed by atoms with van der Waals surface area (Å²) in [4.78, 5) is 6.43. The highest BCUT2D eigenvalue weighted by atomic mass is 35.5. The van der Waals surface area contributed by atoms with Crippen molar-refractivity contribution in [2.24, 2.45) is 0 Å². The molecule has 1 unspecified atom stereocenters. The van der Waals surface area contributed by atoms with Crippen LogP contribution in [0.4, 0.5) is 5.69 Å². The zero-order valence-electron chi connectivity index (χ0n) is 10.0. The van der Waals surface area contributed by atoms with Gasteiger partial charge >= 0.3 is 0 Å². The van der Waals surface area contributed by atoms with E-state index in [1.807, 2.05) is 0 Å². The predicted octanol–water partition coefficient (Wildman–Crippen LogP) is 2.18. The highest BCUT2D eigenvalue weighted by Gasteiger charge is 2.20. The smallest absolute Gasteiger partial charge is 0.238 e. The molecule has 1 atom stereocenters. The van der Waals surface area contributed by atoms with E-state index in [9.17, 15) is 0 Å². The van der Waals surface area contributed by atoms with Crippen LogP contribution < -0.4 is 10.5 Å². The van der Waals surface area contributed by atoms with Crippen LogP contribution >= 0.6 is 11.6 Å². The minimum atomic E-state index is 0.409. The van der Waals surface area contributed by atoms with Gasteiger partial charge in [-0.3, -0.25) is 0 Å². The minimum absolute atomic E-state index is 0.409. The molecule has 0 amide bonds. The minimum Gasteiger partial charge on any atom is -0.476 e. The second-order valence-electron chi connectivity index (χ2n) is 4.44. The molecular weight excluding hydrogens is 238 g/mol. The highest BCUT2D eigenvalue weighted by Crippen LogP contribution is 2.22. The first-order chi connectivity index (χ1) is 8.16. The first kappa shape index (κ1) is 12.5. The Morgan fingerprint density at radius 1 is 1.59 bits per heavy atom. The molecule has 17 heavy (non-hydrogen) atoms. The number of ether oxygens (including phenoxy) is 1. The summed E-state index contributed by atoms with van der Waals surface area (Å²) in [6.07, 6.45) is 3.53. The highest BCUT2D eigenvalue weighted by molar-refractivity contribution is 6.29. The Kier molecular flexibility index (Phi) is 4.07. The van der Waals surface area contributed by atoms with E-state index in [1.54, 1.807) is 12.1 Å². The zero-order valence-corrected chi connectivity index (χ0v) is 10.8. The van der Waals surface area contributed by atoms with Gasteiger partial charge in [-0.1, -0.05) is 11.6 Å². The molecule has 94 valence electrons. The Hall–Kier alpha value is -1.00. The van der Waals surface area contributed by atoms with Gasteiger partial charge in [-0.15, -0.1) is 0 Å². The molecule has 1 saturated heterocycles. The normalized spacial score (nSPS) is 20.7. The van der Waals surface area contributed by atoms with Crippen LogP contribution in [0.2, 0.25) is 5.15 Å². The standard InChI is InChI=1S/C12H18ClN3O/c1-16-7-2-3-9(16)6-8-17-12-10(14)4-5-11(13)15-12/h4-5,9H,2-3,6-8,14H2,1H3. The van der Waals surface area contributed by atoms with Gasteiger partial charge < -0.3 is 15.4 Å². The van der Waals surface area contributed by atoms with Crippen LogP contribution in [0.25, 0.3) is 0 Å². The van der Waals surface area contributed by atoms with Crippen molar-refractivity contribution in [2.45, 2.75) is 25.3 Å². The molecule has 1 fully saturated rings. The second-order valence-corrected chi connectivity index (χ2v) is 4.83. The van der Waals surface area contributed by atoms with Crippen molar-refractivity contribution in [3.63, 3.8) is 0 Å². The van der Waals surface area contributed by atoms with Gasteiger partial charge in [0.1, 0.15) is 5.15 Å². The number of halogens is 1. The maximum absolute atomic E-state index is 5.79. The maximum Gasteiger partial charge on any atom is 0.238 e. The van der Waals surface area contributed by atoms with Crippen LogP contribution in [0.3, 0.4) is 0 Å². The first-order valence-corrected chi connectivity index (χ1v) is 6.29. The fourth-order valence-corrected chi connectivity index (χ4v) is 2.32. The Morgan fingerprint density at radius 2 is 2.41 bits per heavy atom. The molecule has 0 radical (unpaired) electrons. The lowest BCUT2D eigenvalue weighted by Crippen LogP contribution is -2.26. The number of nitrogens with zero attached hydrogens (tertiary/aromatic N) is 2. The number of pyridine rings is 1. The van der Waals surface area contributed by atoms with E-state index in [1.165, 1.54) is 19.4 Å². The Labute approximate surface area is 107 Å². The van der Waals surface area contributed by atoms with Crippen molar-refractivity contribution >= 4 is 17.3 Å². The lowest BCUT2D eigenvalue weighted by Gasteiger charge is -2.19. The molecule has 1 aromatic heterocycles. The van der Waals surface area contributed by atoms with Crippen LogP contribution in [0, 0.1) is 0 Å². The summed E-state index contributed by atoms with van der Waals surface area (Å²) in [6, 6.07) is 4.00. The van der Waals surface area contributed by atoms with Crippen molar-refractivity contribution in [1.82, 2.24) is 9.88 Å². The number of hydrogen-bond donors (Lipinski definition) is 1. The van der Waals surface area contributed by atoms with Crippen LogP contribution in [-0.2, 0) is 0 Å². The van der Waals surface area contributed by atoms with E-state index >= 15 is 0 Å². The van der Waals surface area contributed by atoms with Crippen molar-refractivity contribution < 1.29 is 4.74 Å². The molecule has 2 rings (SSSR count). The fraction of sp³-hybridized carbons (Fsp3) is 0.583. The summed E-state index contributed by atoms with van der Waals surface area (Å²) in [5, 5.41) is 0.409. The van der Waals surface area contributed by atoms with Crippen molar-refractivity contribution in [1.29, 1.82) is 0 Å². The number of anilines is 1. The molecule has 4 nitrogen and oxygen atoms in total. The number of nitrogens with two attached hydrogens (primary N) is 1. The van der Waals surface area contributed by atoms with E-state index in [0.29, 0.717) is 29.4 Å². The summed E-state index contributed by atoms with van der Waals surface area (Å²) < 4.78 is 5.58. The average molecular weight is 256 g/mol. The lowest BCUT2D eigenvalue weighted by molar-refractivity contribution is 0.229. The van der Waals surface area contributed by atoms with E-state index in [4.69, 9.17) is 22.1 Å². The summed E-state index contributed by atoms with van der Waals surface area (Å²) >= 11 is 5.79. The van der Waals surface area contributed by atoms with E-state index in [2.05, 4.69) is 16.9 Å². The molecule has 2 N–H and O–H groups in total. The summed E-state index contributed by atoms with van der Waals surface area (Å²) in [5.74, 6) is 0.443. The van der Waals surface area contributed by atoms with Gasteiger partial charge in [0.25, 0.3) is 0 Å². The Bertz CT molecular complexity index is 386. The summed E-state index contributed by atoms with van der Waals surface area (Å²) in [6.45, 7) is 1.81. The van der Waals surface area contributed by atoms with Gasteiger partial charge in [0.15, 0.2) is 0 Å². The Morgan fingerprint density at radius 3 is 3.12 bits per heavy atom. The third kappa shape index (κ3) is 3.23. The van der Waals surface area contributed by atoms with Gasteiger partial charge in [-0.05, 0) is 45.0 Å². The van der Waals surface area contributed by atoms with Crippen LogP contribution in [0.1, 0.15) is 19.3 Å². The second kappa shape index (κ2) is 5.56. The molecule has 1 aliphatic rings. The third-order valence-corrected chi connectivity index (χ3v) is 3.43. The van der Waals surface area contributed by atoms with Gasteiger partial charge in [-0.2, -0.15) is 4.98 Å². The number of nitrogen functional groups attached to an aromatic ring is 1. The quantitative estimate of drug-likeness (QED) is 0.838. The maximum atomic E-state index is 5.79. The third-order valence-electron chi connectivity index (χ3n) is 3.22. The number of likely N-dealkylation sites (tertiary alicyclic amines) is 1. The van der Waals surface area contributed by atoms with Crippen molar-refractivity contribution in [3.8, 4) is 5.88 Å². The number of aromatic nitrogens is 1. The zero-order chi connectivity index (χ0) is 12.3. The monoisotopic (exact) mass is 255 g/mol. The lowest BCUT2D eigenvalue weighted by atomic mass is 10.1. The first-order valence-electron chi connectivity index (χ1n) is 5.92. The van der Waals surface area contributed by atoms with Gasteiger partial charge in [0.05, 0.1) is 12.3 Å². The van der Waals surface area contributed by atoms with Crippen molar-refractivity contribution in [2.75, 3.05) is 25.9 Å².